The van der Waals surface area contributed by atoms with Gasteiger partial charge in [-0.15, -0.1) is 0 Å². The van der Waals surface area contributed by atoms with Gasteiger partial charge in [0, 0.05) is 29.8 Å². The van der Waals surface area contributed by atoms with Crippen molar-refractivity contribution in [3.8, 4) is 0 Å². The van der Waals surface area contributed by atoms with Gasteiger partial charge < -0.3 is 4.57 Å². The van der Waals surface area contributed by atoms with Gasteiger partial charge in [0.1, 0.15) is 5.82 Å². The second-order valence-electron chi connectivity index (χ2n) is 4.35. The van der Waals surface area contributed by atoms with Gasteiger partial charge in [0.15, 0.2) is 5.03 Å². The van der Waals surface area contributed by atoms with Crippen LogP contribution in [0.4, 0.5) is 0 Å². The molecule has 0 aliphatic heterocycles. The lowest BCUT2D eigenvalue weighted by Crippen LogP contribution is -2.09. The van der Waals surface area contributed by atoms with Crippen LogP contribution in [0.5, 0.6) is 0 Å². The molecule has 1 heterocycles. The average Bonchev–Trinajstić information content (AvgIpc) is 2.62. The molecule has 1 unspecified atom stereocenters. The fourth-order valence-electron chi connectivity index (χ4n) is 1.59. The van der Waals surface area contributed by atoms with Gasteiger partial charge in [-0.1, -0.05) is 27.2 Å². The first-order chi connectivity index (χ1) is 7.88. The molecule has 1 rings (SSSR count). The van der Waals surface area contributed by atoms with E-state index in [-0.39, 0.29) is 5.03 Å². The summed E-state index contributed by atoms with van der Waals surface area (Å²) in [7, 11) is 1.59. The summed E-state index contributed by atoms with van der Waals surface area (Å²) in [6.45, 7) is 7.06. The predicted octanol–water partition coefficient (Wildman–Crippen LogP) is 2.81. The van der Waals surface area contributed by atoms with Crippen LogP contribution in [0.25, 0.3) is 0 Å². The number of nitrogens with zero attached hydrogens (tertiary/aromatic N) is 2. The highest BCUT2D eigenvalue weighted by atomic mass is 35.7. The molecule has 0 amide bonds. The van der Waals surface area contributed by atoms with Crippen LogP contribution in [0.15, 0.2) is 11.2 Å². The van der Waals surface area contributed by atoms with Crippen molar-refractivity contribution in [3.63, 3.8) is 0 Å². The van der Waals surface area contributed by atoms with E-state index in [0.717, 1.165) is 31.6 Å². The van der Waals surface area contributed by atoms with E-state index >= 15 is 0 Å². The van der Waals surface area contributed by atoms with Crippen LogP contribution >= 0.6 is 10.7 Å². The molecule has 0 aliphatic rings. The van der Waals surface area contributed by atoms with Crippen molar-refractivity contribution in [3.05, 3.63) is 12.0 Å². The molecule has 0 aliphatic carbocycles. The number of aromatic nitrogens is 2. The minimum absolute atomic E-state index is 0.0362. The summed E-state index contributed by atoms with van der Waals surface area (Å²) >= 11 is 0. The van der Waals surface area contributed by atoms with Gasteiger partial charge in [-0.05, 0) is 12.3 Å². The van der Waals surface area contributed by atoms with Crippen LogP contribution in [0, 0.1) is 5.92 Å². The van der Waals surface area contributed by atoms with E-state index in [4.69, 9.17) is 10.7 Å². The van der Waals surface area contributed by atoms with Gasteiger partial charge in [-0.3, -0.25) is 0 Å². The van der Waals surface area contributed by atoms with Crippen molar-refractivity contribution in [2.75, 3.05) is 0 Å². The van der Waals surface area contributed by atoms with Crippen molar-refractivity contribution < 1.29 is 8.42 Å². The van der Waals surface area contributed by atoms with Crippen LogP contribution in [0.1, 0.15) is 39.4 Å². The highest BCUT2D eigenvalue weighted by molar-refractivity contribution is 8.13. The Labute approximate surface area is 107 Å². The van der Waals surface area contributed by atoms with Crippen molar-refractivity contribution in [2.24, 2.45) is 5.92 Å². The molecular formula is C11H19ClN2O2S. The molecule has 0 aromatic carbocycles. The Kier molecular flexibility index (Phi) is 5.01. The minimum atomic E-state index is -3.73. The normalized spacial score (nSPS) is 13.9. The van der Waals surface area contributed by atoms with Crippen LogP contribution in [0.2, 0.25) is 0 Å². The molecule has 0 saturated heterocycles. The zero-order valence-corrected chi connectivity index (χ0v) is 12.1. The summed E-state index contributed by atoms with van der Waals surface area (Å²) in [5, 5.41) is -0.0362. The molecule has 1 aromatic rings. The fraction of sp³-hybridized carbons (Fsp3) is 0.727. The third-order valence-electron chi connectivity index (χ3n) is 2.77. The molecule has 0 fully saturated rings. The lowest BCUT2D eigenvalue weighted by atomic mass is 10.1. The van der Waals surface area contributed by atoms with Gasteiger partial charge in [0.05, 0.1) is 0 Å². The number of hydrogen-bond donors (Lipinski definition) is 0. The smallest absolute Gasteiger partial charge is 0.280 e. The topological polar surface area (TPSA) is 52.0 Å². The van der Waals surface area contributed by atoms with Crippen molar-refractivity contribution >= 4 is 19.7 Å². The second-order valence-corrected chi connectivity index (χ2v) is 6.86. The number of aryl methyl sites for hydroxylation is 1. The van der Waals surface area contributed by atoms with Crippen LogP contribution in [-0.4, -0.2) is 18.0 Å². The molecule has 4 nitrogen and oxygen atoms in total. The molecule has 0 saturated carbocycles. The SMILES string of the molecule is CCCc1nc(S(=O)(=O)Cl)cn1CC(C)CC. The standard InChI is InChI=1S/C11H19ClN2O2S/c1-4-6-10-13-11(17(12,15)16)8-14(10)7-9(3)5-2/h8-9H,4-7H2,1-3H3. The largest absolute Gasteiger partial charge is 0.333 e. The molecule has 17 heavy (non-hydrogen) atoms. The first-order valence-corrected chi connectivity index (χ1v) is 8.20. The van der Waals surface area contributed by atoms with Crippen molar-refractivity contribution in [1.29, 1.82) is 0 Å². The molecule has 1 atom stereocenters. The van der Waals surface area contributed by atoms with E-state index in [9.17, 15) is 8.42 Å². The average molecular weight is 279 g/mol. The van der Waals surface area contributed by atoms with Crippen LogP contribution in [0.3, 0.4) is 0 Å². The Morgan fingerprint density at radius 2 is 2.12 bits per heavy atom. The molecule has 0 radical (unpaired) electrons. The maximum Gasteiger partial charge on any atom is 0.280 e. The third-order valence-corrected chi connectivity index (χ3v) is 3.94. The first kappa shape index (κ1) is 14.5. The summed E-state index contributed by atoms with van der Waals surface area (Å²) < 4.78 is 24.4. The summed E-state index contributed by atoms with van der Waals surface area (Å²) in [6.07, 6.45) is 4.29. The van der Waals surface area contributed by atoms with E-state index < -0.39 is 9.05 Å². The fourth-order valence-corrected chi connectivity index (χ4v) is 2.28. The zero-order chi connectivity index (χ0) is 13.1. The summed E-state index contributed by atoms with van der Waals surface area (Å²) in [5.74, 6) is 1.29. The second kappa shape index (κ2) is 5.87. The van der Waals surface area contributed by atoms with Crippen molar-refractivity contribution in [2.45, 2.75) is 51.6 Å². The van der Waals surface area contributed by atoms with Gasteiger partial charge in [-0.2, -0.15) is 0 Å². The summed E-state index contributed by atoms with van der Waals surface area (Å²) in [5.41, 5.74) is 0. The van der Waals surface area contributed by atoms with Crippen LogP contribution in [-0.2, 0) is 22.0 Å². The summed E-state index contributed by atoms with van der Waals surface area (Å²) in [4.78, 5) is 4.10. The minimum Gasteiger partial charge on any atom is -0.333 e. The van der Waals surface area contributed by atoms with E-state index in [1.165, 1.54) is 0 Å². The number of rotatable bonds is 6. The molecule has 98 valence electrons. The van der Waals surface area contributed by atoms with Gasteiger partial charge in [-0.25, -0.2) is 13.4 Å². The third kappa shape index (κ3) is 4.00. The highest BCUT2D eigenvalue weighted by Crippen LogP contribution is 2.17. The lowest BCUT2D eigenvalue weighted by molar-refractivity contribution is 0.456. The Morgan fingerprint density at radius 3 is 2.59 bits per heavy atom. The maximum absolute atomic E-state index is 11.2. The first-order valence-electron chi connectivity index (χ1n) is 5.89. The molecule has 6 heteroatoms. The van der Waals surface area contributed by atoms with Crippen molar-refractivity contribution in [1.82, 2.24) is 9.55 Å². The van der Waals surface area contributed by atoms with E-state index in [2.05, 4.69) is 18.8 Å². The monoisotopic (exact) mass is 278 g/mol. The Morgan fingerprint density at radius 1 is 1.47 bits per heavy atom. The number of hydrogen-bond acceptors (Lipinski definition) is 3. The molecule has 0 N–H and O–H groups in total. The molecule has 0 bridgehead atoms. The molecular weight excluding hydrogens is 260 g/mol. The van der Waals surface area contributed by atoms with Gasteiger partial charge in [0.2, 0.25) is 0 Å². The van der Waals surface area contributed by atoms with E-state index in [0.29, 0.717) is 5.92 Å². The number of halogens is 1. The predicted molar refractivity (Wildman–Crippen MR) is 68.7 cm³/mol. The number of imidazole rings is 1. The van der Waals surface area contributed by atoms with Crippen LogP contribution < -0.4 is 0 Å². The van der Waals surface area contributed by atoms with E-state index in [1.807, 2.05) is 11.5 Å². The Hall–Kier alpha value is -0.550. The highest BCUT2D eigenvalue weighted by Gasteiger charge is 2.18. The van der Waals surface area contributed by atoms with Gasteiger partial charge in [0.25, 0.3) is 9.05 Å². The summed E-state index contributed by atoms with van der Waals surface area (Å²) in [6, 6.07) is 0. The molecule has 1 aromatic heterocycles. The maximum atomic E-state index is 11.2. The van der Waals surface area contributed by atoms with Gasteiger partial charge >= 0.3 is 0 Å². The quantitative estimate of drug-likeness (QED) is 0.752. The molecule has 0 spiro atoms. The lowest BCUT2D eigenvalue weighted by Gasteiger charge is -2.11. The Balaban J connectivity index is 3.05. The zero-order valence-electron chi connectivity index (χ0n) is 10.5. The Bertz CT molecular complexity index is 468. The van der Waals surface area contributed by atoms with E-state index in [1.54, 1.807) is 6.20 Å².